The maximum absolute atomic E-state index is 12.2. The van der Waals surface area contributed by atoms with Crippen molar-refractivity contribution in [3.05, 3.63) is 53.6 Å². The van der Waals surface area contributed by atoms with Gasteiger partial charge in [0.05, 0.1) is 11.3 Å². The van der Waals surface area contributed by atoms with Crippen LogP contribution in [-0.2, 0) is 10.0 Å². The van der Waals surface area contributed by atoms with Crippen LogP contribution in [0.3, 0.4) is 0 Å². The highest BCUT2D eigenvalue weighted by atomic mass is 32.2. The van der Waals surface area contributed by atoms with Crippen molar-refractivity contribution < 1.29 is 18.3 Å². The molecule has 21 heavy (non-hydrogen) atoms. The average Bonchev–Trinajstić information content (AvgIpc) is 2.41. The van der Waals surface area contributed by atoms with Crippen LogP contribution < -0.4 is 10.5 Å². The lowest BCUT2D eigenvalue weighted by molar-refractivity contribution is 0.102. The van der Waals surface area contributed by atoms with E-state index in [4.69, 9.17) is 5.14 Å². The second-order valence-electron chi connectivity index (χ2n) is 4.47. The fraction of sp³-hybridized carbons (Fsp3) is 0.0714. The van der Waals surface area contributed by atoms with E-state index in [2.05, 4.69) is 5.32 Å². The number of carbonyl (C=O) groups is 1. The molecule has 0 spiro atoms. The van der Waals surface area contributed by atoms with Crippen molar-refractivity contribution in [1.82, 2.24) is 0 Å². The predicted octanol–water partition coefficient (Wildman–Crippen LogP) is 1.60. The minimum absolute atomic E-state index is 0.0548. The van der Waals surface area contributed by atoms with E-state index < -0.39 is 15.9 Å². The maximum atomic E-state index is 12.2. The summed E-state index contributed by atoms with van der Waals surface area (Å²) in [6.45, 7) is 1.66. The number of hydrogen-bond donors (Lipinski definition) is 3. The quantitative estimate of drug-likeness (QED) is 0.800. The number of nitrogens with one attached hydrogen (secondary N) is 1. The van der Waals surface area contributed by atoms with Gasteiger partial charge in [-0.15, -0.1) is 0 Å². The number of hydrogen-bond acceptors (Lipinski definition) is 4. The minimum atomic E-state index is -3.96. The topological polar surface area (TPSA) is 109 Å². The number of anilines is 1. The summed E-state index contributed by atoms with van der Waals surface area (Å²) in [6, 6.07) is 10.5. The molecule has 0 aromatic heterocycles. The largest absolute Gasteiger partial charge is 0.507 e. The van der Waals surface area contributed by atoms with E-state index in [1.54, 1.807) is 25.1 Å². The second-order valence-corrected chi connectivity index (χ2v) is 6.00. The molecule has 0 saturated carbocycles. The van der Waals surface area contributed by atoms with Gasteiger partial charge in [0.25, 0.3) is 5.91 Å². The molecule has 0 radical (unpaired) electrons. The SMILES string of the molecule is Cc1cccc(C(=O)Nc2ccccc2S(N)(=O)=O)c1O. The standard InChI is InChI=1S/C14H14N2O4S/c1-9-5-4-6-10(13(9)17)14(18)16-11-7-2-3-8-12(11)21(15,19)20/h2-8,17H,1H3,(H,16,18)(H2,15,19,20). The summed E-state index contributed by atoms with van der Waals surface area (Å²) in [4.78, 5) is 12.0. The molecule has 2 rings (SSSR count). The number of phenolic OH excluding ortho intramolecular Hbond substituents is 1. The van der Waals surface area contributed by atoms with Crippen LogP contribution in [0.4, 0.5) is 5.69 Å². The number of para-hydroxylation sites is 2. The van der Waals surface area contributed by atoms with Crippen molar-refractivity contribution in [3.8, 4) is 5.75 Å². The molecular formula is C14H14N2O4S. The van der Waals surface area contributed by atoms with Crippen molar-refractivity contribution in [2.24, 2.45) is 5.14 Å². The Kier molecular flexibility index (Phi) is 3.97. The first-order valence-electron chi connectivity index (χ1n) is 6.02. The molecule has 0 aliphatic carbocycles. The van der Waals surface area contributed by atoms with Crippen molar-refractivity contribution in [2.45, 2.75) is 11.8 Å². The monoisotopic (exact) mass is 306 g/mol. The van der Waals surface area contributed by atoms with E-state index in [0.717, 1.165) is 0 Å². The van der Waals surface area contributed by atoms with Crippen LogP contribution in [-0.4, -0.2) is 19.4 Å². The van der Waals surface area contributed by atoms with Gasteiger partial charge in [0.15, 0.2) is 0 Å². The van der Waals surface area contributed by atoms with Crippen LogP contribution in [0, 0.1) is 6.92 Å². The number of aromatic hydroxyl groups is 1. The third-order valence-electron chi connectivity index (χ3n) is 2.92. The molecule has 0 heterocycles. The molecule has 0 fully saturated rings. The molecule has 2 aromatic rings. The highest BCUT2D eigenvalue weighted by molar-refractivity contribution is 7.89. The Morgan fingerprint density at radius 2 is 1.81 bits per heavy atom. The van der Waals surface area contributed by atoms with Gasteiger partial charge in [-0.25, -0.2) is 13.6 Å². The van der Waals surface area contributed by atoms with Crippen LogP contribution in [0.1, 0.15) is 15.9 Å². The Morgan fingerprint density at radius 1 is 1.14 bits per heavy atom. The molecule has 6 nitrogen and oxygen atoms in total. The van der Waals surface area contributed by atoms with Crippen LogP contribution in [0.15, 0.2) is 47.4 Å². The molecule has 4 N–H and O–H groups in total. The van der Waals surface area contributed by atoms with Gasteiger partial charge in [0.1, 0.15) is 10.6 Å². The predicted molar refractivity (Wildman–Crippen MR) is 78.6 cm³/mol. The summed E-state index contributed by atoms with van der Waals surface area (Å²) in [5.74, 6) is -0.768. The van der Waals surface area contributed by atoms with Gasteiger partial charge in [-0.1, -0.05) is 24.3 Å². The number of aryl methyl sites for hydroxylation is 1. The zero-order chi connectivity index (χ0) is 15.6. The number of primary sulfonamides is 1. The number of benzene rings is 2. The van der Waals surface area contributed by atoms with Gasteiger partial charge in [-0.3, -0.25) is 4.79 Å². The molecule has 110 valence electrons. The smallest absolute Gasteiger partial charge is 0.259 e. The molecule has 1 amide bonds. The zero-order valence-electron chi connectivity index (χ0n) is 11.2. The Labute approximate surface area is 122 Å². The van der Waals surface area contributed by atoms with Crippen LogP contribution in [0.2, 0.25) is 0 Å². The average molecular weight is 306 g/mol. The normalized spacial score (nSPS) is 11.1. The van der Waals surface area contributed by atoms with E-state index in [-0.39, 0.29) is 21.9 Å². The molecule has 2 aromatic carbocycles. The summed E-state index contributed by atoms with van der Waals surface area (Å²) in [6.07, 6.45) is 0. The second kappa shape index (κ2) is 5.55. The Bertz CT molecular complexity index is 800. The minimum Gasteiger partial charge on any atom is -0.507 e. The molecule has 7 heteroatoms. The Morgan fingerprint density at radius 3 is 2.48 bits per heavy atom. The first-order valence-corrected chi connectivity index (χ1v) is 7.57. The summed E-state index contributed by atoms with van der Waals surface area (Å²) in [7, 11) is -3.96. The fourth-order valence-electron chi connectivity index (χ4n) is 1.85. The van der Waals surface area contributed by atoms with E-state index in [9.17, 15) is 18.3 Å². The summed E-state index contributed by atoms with van der Waals surface area (Å²) >= 11 is 0. The van der Waals surface area contributed by atoms with Crippen molar-refractivity contribution in [1.29, 1.82) is 0 Å². The lowest BCUT2D eigenvalue weighted by Crippen LogP contribution is -2.18. The number of nitrogens with two attached hydrogens (primary N) is 1. The van der Waals surface area contributed by atoms with Crippen molar-refractivity contribution in [3.63, 3.8) is 0 Å². The van der Waals surface area contributed by atoms with Crippen LogP contribution >= 0.6 is 0 Å². The molecular weight excluding hydrogens is 292 g/mol. The summed E-state index contributed by atoms with van der Waals surface area (Å²) < 4.78 is 22.9. The molecule has 0 saturated heterocycles. The van der Waals surface area contributed by atoms with E-state index in [1.165, 1.54) is 24.3 Å². The van der Waals surface area contributed by atoms with E-state index in [1.807, 2.05) is 0 Å². The number of rotatable bonds is 3. The zero-order valence-corrected chi connectivity index (χ0v) is 12.0. The lowest BCUT2D eigenvalue weighted by Gasteiger charge is -2.11. The third kappa shape index (κ3) is 3.21. The summed E-state index contributed by atoms with van der Waals surface area (Å²) in [5, 5.41) is 17.4. The Hall–Kier alpha value is -2.38. The number of phenols is 1. The van der Waals surface area contributed by atoms with Gasteiger partial charge in [-0.2, -0.15) is 0 Å². The molecule has 0 unspecified atom stereocenters. The number of sulfonamides is 1. The highest BCUT2D eigenvalue weighted by Crippen LogP contribution is 2.24. The van der Waals surface area contributed by atoms with Gasteiger partial charge >= 0.3 is 0 Å². The molecule has 0 aliphatic heterocycles. The van der Waals surface area contributed by atoms with Gasteiger partial charge in [0.2, 0.25) is 10.0 Å². The van der Waals surface area contributed by atoms with Crippen molar-refractivity contribution in [2.75, 3.05) is 5.32 Å². The van der Waals surface area contributed by atoms with Crippen LogP contribution in [0.25, 0.3) is 0 Å². The number of amides is 1. The van der Waals surface area contributed by atoms with Gasteiger partial charge in [-0.05, 0) is 30.7 Å². The maximum Gasteiger partial charge on any atom is 0.259 e. The van der Waals surface area contributed by atoms with E-state index in [0.29, 0.717) is 5.56 Å². The van der Waals surface area contributed by atoms with Crippen molar-refractivity contribution >= 4 is 21.6 Å². The van der Waals surface area contributed by atoms with E-state index >= 15 is 0 Å². The summed E-state index contributed by atoms with van der Waals surface area (Å²) in [5.41, 5.74) is 0.660. The van der Waals surface area contributed by atoms with Gasteiger partial charge < -0.3 is 10.4 Å². The number of carbonyl (C=O) groups excluding carboxylic acids is 1. The van der Waals surface area contributed by atoms with Gasteiger partial charge in [0, 0.05) is 0 Å². The highest BCUT2D eigenvalue weighted by Gasteiger charge is 2.18. The molecule has 0 bridgehead atoms. The fourth-order valence-corrected chi connectivity index (χ4v) is 2.54. The molecule has 0 aliphatic rings. The van der Waals surface area contributed by atoms with Crippen LogP contribution in [0.5, 0.6) is 5.75 Å². The third-order valence-corrected chi connectivity index (χ3v) is 3.89. The lowest BCUT2D eigenvalue weighted by atomic mass is 10.1. The first kappa shape index (κ1) is 15.0. The first-order chi connectivity index (χ1) is 9.80. The molecule has 0 atom stereocenters. The Balaban J connectivity index is 2.40.